The van der Waals surface area contributed by atoms with Crippen LogP contribution >= 0.6 is 0 Å². The van der Waals surface area contributed by atoms with Gasteiger partial charge in [-0.25, -0.2) is 4.98 Å². The third kappa shape index (κ3) is 5.23. The molecule has 28 heavy (non-hydrogen) atoms. The number of hydrogen-bond acceptors (Lipinski definition) is 5. The predicted octanol–water partition coefficient (Wildman–Crippen LogP) is 4.08. The summed E-state index contributed by atoms with van der Waals surface area (Å²) < 4.78 is 5.12. The molecule has 0 aliphatic heterocycles. The lowest BCUT2D eigenvalue weighted by molar-refractivity contribution is -0.115. The van der Waals surface area contributed by atoms with Gasteiger partial charge >= 0.3 is 0 Å². The quantitative estimate of drug-likeness (QED) is 0.650. The van der Waals surface area contributed by atoms with Crippen LogP contribution < -0.4 is 20.3 Å². The molecule has 0 saturated heterocycles. The highest BCUT2D eigenvalue weighted by Gasteiger charge is 2.06. The molecule has 0 aliphatic rings. The fourth-order valence-corrected chi connectivity index (χ4v) is 2.67. The Morgan fingerprint density at radius 2 is 1.64 bits per heavy atom. The van der Waals surface area contributed by atoms with Gasteiger partial charge in [-0.05, 0) is 54.1 Å². The lowest BCUT2D eigenvalue weighted by Gasteiger charge is -2.13. The van der Waals surface area contributed by atoms with Crippen LogP contribution in [-0.2, 0) is 11.2 Å². The standard InChI is InChI=1S/C22H24N4O2/c1-26(2)19-9-6-17(7-10-19)24-18-8-13-21(23-15-18)25-22(27)14-16-4-11-20(28-3)12-5-16/h4-13,15,24H,14H2,1-3H3,(H,23,25,27). The second kappa shape index (κ2) is 8.90. The first kappa shape index (κ1) is 19.2. The number of pyridine rings is 1. The van der Waals surface area contributed by atoms with Crippen LogP contribution in [0.25, 0.3) is 0 Å². The second-order valence-corrected chi connectivity index (χ2v) is 6.57. The van der Waals surface area contributed by atoms with Crippen LogP contribution in [0.5, 0.6) is 5.75 Å². The molecule has 0 radical (unpaired) electrons. The van der Waals surface area contributed by atoms with Crippen molar-refractivity contribution in [1.82, 2.24) is 4.98 Å². The maximum Gasteiger partial charge on any atom is 0.229 e. The van der Waals surface area contributed by atoms with Gasteiger partial charge in [-0.2, -0.15) is 0 Å². The first-order chi connectivity index (χ1) is 13.5. The van der Waals surface area contributed by atoms with E-state index in [4.69, 9.17) is 4.74 Å². The van der Waals surface area contributed by atoms with Gasteiger partial charge in [0, 0.05) is 25.5 Å². The summed E-state index contributed by atoms with van der Waals surface area (Å²) in [5, 5.41) is 6.11. The van der Waals surface area contributed by atoms with Crippen molar-refractivity contribution in [1.29, 1.82) is 0 Å². The topological polar surface area (TPSA) is 66.5 Å². The number of anilines is 4. The Balaban J connectivity index is 1.55. The van der Waals surface area contributed by atoms with Crippen molar-refractivity contribution < 1.29 is 9.53 Å². The minimum absolute atomic E-state index is 0.113. The van der Waals surface area contributed by atoms with Crippen LogP contribution in [0.4, 0.5) is 22.9 Å². The van der Waals surface area contributed by atoms with Gasteiger partial charge in [-0.15, -0.1) is 0 Å². The fraction of sp³-hybridized carbons (Fsp3) is 0.182. The smallest absolute Gasteiger partial charge is 0.229 e. The van der Waals surface area contributed by atoms with Crippen molar-refractivity contribution in [3.05, 3.63) is 72.4 Å². The van der Waals surface area contributed by atoms with Gasteiger partial charge < -0.3 is 20.3 Å². The number of carbonyl (C=O) groups excluding carboxylic acids is 1. The molecule has 3 aromatic rings. The molecule has 1 amide bonds. The first-order valence-corrected chi connectivity index (χ1v) is 8.97. The predicted molar refractivity (Wildman–Crippen MR) is 114 cm³/mol. The van der Waals surface area contributed by atoms with Crippen LogP contribution in [0.2, 0.25) is 0 Å². The molecule has 0 spiro atoms. The number of amides is 1. The van der Waals surface area contributed by atoms with Gasteiger partial charge in [-0.1, -0.05) is 12.1 Å². The highest BCUT2D eigenvalue weighted by molar-refractivity contribution is 5.91. The molecule has 0 atom stereocenters. The van der Waals surface area contributed by atoms with Crippen LogP contribution in [0, 0.1) is 0 Å². The summed E-state index contributed by atoms with van der Waals surface area (Å²) in [6, 6.07) is 19.2. The Kier molecular flexibility index (Phi) is 6.11. The Bertz CT molecular complexity index is 905. The van der Waals surface area contributed by atoms with Crippen molar-refractivity contribution >= 4 is 28.8 Å². The molecule has 3 rings (SSSR count). The van der Waals surface area contributed by atoms with Gasteiger partial charge in [-0.3, -0.25) is 4.79 Å². The number of benzene rings is 2. The van der Waals surface area contributed by atoms with E-state index < -0.39 is 0 Å². The van der Waals surface area contributed by atoms with E-state index in [2.05, 4.69) is 20.5 Å². The SMILES string of the molecule is COc1ccc(CC(=O)Nc2ccc(Nc3ccc(N(C)C)cc3)cn2)cc1. The van der Waals surface area contributed by atoms with E-state index in [1.807, 2.05) is 68.7 Å². The number of hydrogen-bond donors (Lipinski definition) is 2. The minimum Gasteiger partial charge on any atom is -0.497 e. The molecule has 0 bridgehead atoms. The maximum absolute atomic E-state index is 12.2. The summed E-state index contributed by atoms with van der Waals surface area (Å²) in [6.45, 7) is 0. The van der Waals surface area contributed by atoms with E-state index in [0.717, 1.165) is 28.4 Å². The lowest BCUT2D eigenvalue weighted by atomic mass is 10.1. The molecular weight excluding hydrogens is 352 g/mol. The first-order valence-electron chi connectivity index (χ1n) is 8.97. The number of carbonyl (C=O) groups is 1. The Morgan fingerprint density at radius 1 is 0.964 bits per heavy atom. The number of methoxy groups -OCH3 is 1. The normalized spacial score (nSPS) is 10.2. The van der Waals surface area contributed by atoms with Crippen LogP contribution in [0.1, 0.15) is 5.56 Å². The van der Waals surface area contributed by atoms with Crippen LogP contribution in [0.15, 0.2) is 66.9 Å². The molecule has 1 aromatic heterocycles. The number of aromatic nitrogens is 1. The Morgan fingerprint density at radius 3 is 2.21 bits per heavy atom. The molecule has 1 heterocycles. The summed E-state index contributed by atoms with van der Waals surface area (Å²) in [4.78, 5) is 18.6. The number of nitrogens with zero attached hydrogens (tertiary/aromatic N) is 2. The number of ether oxygens (including phenoxy) is 1. The third-order valence-corrected chi connectivity index (χ3v) is 4.23. The van der Waals surface area contributed by atoms with Gasteiger partial charge in [0.15, 0.2) is 0 Å². The van der Waals surface area contributed by atoms with Gasteiger partial charge in [0.2, 0.25) is 5.91 Å². The summed E-state index contributed by atoms with van der Waals surface area (Å²) in [7, 11) is 5.63. The molecule has 2 N–H and O–H groups in total. The average Bonchev–Trinajstić information content (AvgIpc) is 2.70. The van der Waals surface area contributed by atoms with Gasteiger partial charge in [0.25, 0.3) is 0 Å². The molecule has 0 fully saturated rings. The lowest BCUT2D eigenvalue weighted by Crippen LogP contribution is -2.15. The summed E-state index contributed by atoms with van der Waals surface area (Å²) in [5.74, 6) is 1.18. The highest BCUT2D eigenvalue weighted by Crippen LogP contribution is 2.20. The van der Waals surface area contributed by atoms with E-state index >= 15 is 0 Å². The molecule has 0 aliphatic carbocycles. The molecule has 2 aromatic carbocycles. The summed E-state index contributed by atoms with van der Waals surface area (Å²) in [5.41, 5.74) is 3.88. The zero-order chi connectivity index (χ0) is 19.9. The third-order valence-electron chi connectivity index (χ3n) is 4.23. The van der Waals surface area contributed by atoms with Crippen molar-refractivity contribution in [2.45, 2.75) is 6.42 Å². The highest BCUT2D eigenvalue weighted by atomic mass is 16.5. The zero-order valence-corrected chi connectivity index (χ0v) is 16.3. The molecule has 144 valence electrons. The minimum atomic E-state index is -0.113. The Labute approximate surface area is 165 Å². The monoisotopic (exact) mass is 376 g/mol. The molecule has 6 heteroatoms. The molecule has 6 nitrogen and oxygen atoms in total. The van der Waals surface area contributed by atoms with E-state index in [0.29, 0.717) is 5.82 Å². The van der Waals surface area contributed by atoms with Crippen molar-refractivity contribution in [2.24, 2.45) is 0 Å². The number of rotatable bonds is 7. The Hall–Kier alpha value is -3.54. The average molecular weight is 376 g/mol. The zero-order valence-electron chi connectivity index (χ0n) is 16.3. The summed E-state index contributed by atoms with van der Waals surface area (Å²) in [6.07, 6.45) is 1.98. The van der Waals surface area contributed by atoms with Crippen molar-refractivity contribution in [3.8, 4) is 5.75 Å². The van der Waals surface area contributed by atoms with E-state index in [1.54, 1.807) is 19.4 Å². The van der Waals surface area contributed by atoms with E-state index in [-0.39, 0.29) is 12.3 Å². The molecule has 0 saturated carbocycles. The van der Waals surface area contributed by atoms with Crippen molar-refractivity contribution in [2.75, 3.05) is 36.7 Å². The van der Waals surface area contributed by atoms with E-state index in [9.17, 15) is 4.79 Å². The summed E-state index contributed by atoms with van der Waals surface area (Å²) >= 11 is 0. The van der Waals surface area contributed by atoms with Crippen LogP contribution in [-0.4, -0.2) is 32.1 Å². The molecule has 0 unspecified atom stereocenters. The molecular formula is C22H24N4O2. The maximum atomic E-state index is 12.2. The second-order valence-electron chi connectivity index (χ2n) is 6.57. The number of nitrogens with one attached hydrogen (secondary N) is 2. The van der Waals surface area contributed by atoms with Crippen molar-refractivity contribution in [3.63, 3.8) is 0 Å². The van der Waals surface area contributed by atoms with Crippen LogP contribution in [0.3, 0.4) is 0 Å². The fourth-order valence-electron chi connectivity index (χ4n) is 2.67. The van der Waals surface area contributed by atoms with E-state index in [1.165, 1.54) is 0 Å². The van der Waals surface area contributed by atoms with Gasteiger partial charge in [0.05, 0.1) is 25.4 Å². The van der Waals surface area contributed by atoms with Gasteiger partial charge in [0.1, 0.15) is 11.6 Å². The largest absolute Gasteiger partial charge is 0.497 e.